The fraction of sp³-hybridized carbons (Fsp3) is 0. The Kier molecular flexibility index (Phi) is 12.2. The summed E-state index contributed by atoms with van der Waals surface area (Å²) in [6.07, 6.45) is 0. The molecular formula is C88H56N4O2. The number of fused-ring (bicyclic) bond motifs is 13. The lowest BCUT2D eigenvalue weighted by Crippen LogP contribution is -2.10. The molecule has 0 spiro atoms. The summed E-state index contributed by atoms with van der Waals surface area (Å²) in [6, 6.07) is 122. The first-order valence-corrected chi connectivity index (χ1v) is 32.0. The van der Waals surface area contributed by atoms with Gasteiger partial charge in [0.05, 0.1) is 22.1 Å². The van der Waals surface area contributed by atoms with Crippen LogP contribution in [-0.2, 0) is 0 Å². The fourth-order valence-corrected chi connectivity index (χ4v) is 14.9. The average molecular weight is 1200 g/mol. The Morgan fingerprint density at radius 1 is 0.223 bits per heavy atom. The Labute approximate surface area is 541 Å². The second-order valence-corrected chi connectivity index (χ2v) is 24.3. The van der Waals surface area contributed by atoms with Crippen LogP contribution in [0, 0.1) is 0 Å². The minimum absolute atomic E-state index is 0.849. The van der Waals surface area contributed by atoms with Crippen molar-refractivity contribution in [2.24, 2.45) is 0 Å². The summed E-state index contributed by atoms with van der Waals surface area (Å²) in [6.45, 7) is 0. The molecule has 0 aliphatic heterocycles. The van der Waals surface area contributed by atoms with Crippen LogP contribution in [0.3, 0.4) is 0 Å². The number of nitrogens with zero attached hydrogens (tertiary/aromatic N) is 4. The zero-order valence-corrected chi connectivity index (χ0v) is 50.9. The molecule has 6 nitrogen and oxygen atoms in total. The maximum absolute atomic E-state index is 7.08. The molecule has 440 valence electrons. The lowest BCUT2D eigenvalue weighted by atomic mass is 9.95. The highest BCUT2D eigenvalue weighted by Gasteiger charge is 2.24. The van der Waals surface area contributed by atoms with E-state index in [1.165, 1.54) is 43.4 Å². The largest absolute Gasteiger partial charge is 0.456 e. The minimum Gasteiger partial charge on any atom is -0.456 e. The third kappa shape index (κ3) is 8.51. The predicted molar refractivity (Wildman–Crippen MR) is 393 cm³/mol. The third-order valence-electron chi connectivity index (χ3n) is 19.1. The quantitative estimate of drug-likeness (QED) is 0.129. The topological polar surface area (TPSA) is 42.6 Å². The smallest absolute Gasteiger partial charge is 0.143 e. The molecule has 0 fully saturated rings. The molecule has 0 aliphatic rings. The van der Waals surface area contributed by atoms with Gasteiger partial charge in [0.25, 0.3) is 0 Å². The van der Waals surface area contributed by atoms with Crippen LogP contribution in [0.1, 0.15) is 0 Å². The van der Waals surface area contributed by atoms with Crippen LogP contribution in [0.15, 0.2) is 349 Å². The zero-order chi connectivity index (χ0) is 61.8. The molecule has 0 unspecified atom stereocenters. The number of anilines is 6. The highest BCUT2D eigenvalue weighted by molar-refractivity contribution is 6.21. The molecule has 19 rings (SSSR count). The van der Waals surface area contributed by atoms with Crippen molar-refractivity contribution in [1.82, 2.24) is 9.13 Å². The van der Waals surface area contributed by atoms with Gasteiger partial charge >= 0.3 is 0 Å². The molecule has 0 atom stereocenters. The molecular weight excluding hydrogens is 1140 g/mol. The van der Waals surface area contributed by atoms with Crippen molar-refractivity contribution in [2.75, 3.05) is 9.80 Å². The van der Waals surface area contributed by atoms with Crippen molar-refractivity contribution >= 4 is 132 Å². The third-order valence-corrected chi connectivity index (χ3v) is 19.1. The van der Waals surface area contributed by atoms with Gasteiger partial charge in [0.1, 0.15) is 22.3 Å². The maximum atomic E-state index is 7.08. The van der Waals surface area contributed by atoms with E-state index in [4.69, 9.17) is 8.83 Å². The second-order valence-electron chi connectivity index (χ2n) is 24.3. The fourth-order valence-electron chi connectivity index (χ4n) is 14.9. The Morgan fingerprint density at radius 2 is 0.628 bits per heavy atom. The molecule has 6 heteroatoms. The molecule has 0 amide bonds. The van der Waals surface area contributed by atoms with Gasteiger partial charge in [-0.3, -0.25) is 0 Å². The molecule has 0 saturated heterocycles. The number of para-hydroxylation sites is 6. The van der Waals surface area contributed by atoms with Crippen molar-refractivity contribution < 1.29 is 8.83 Å². The van der Waals surface area contributed by atoms with E-state index < -0.39 is 0 Å². The Hall–Kier alpha value is -12.6. The molecule has 0 bridgehead atoms. The highest BCUT2D eigenvalue weighted by atomic mass is 16.3. The van der Waals surface area contributed by atoms with E-state index in [2.05, 4.69) is 347 Å². The Morgan fingerprint density at radius 3 is 1.27 bits per heavy atom. The number of rotatable bonds is 11. The van der Waals surface area contributed by atoms with Gasteiger partial charge in [-0.25, -0.2) is 0 Å². The van der Waals surface area contributed by atoms with Crippen LogP contribution < -0.4 is 9.80 Å². The minimum atomic E-state index is 0.849. The number of furan rings is 2. The standard InChI is InChI=1S/C88H56N4O2/c1-2-20-61(21-3-1)89(64-48-52-66(53-49-64)91-78-31-10-6-22-71(78)72-23-7-11-32-79(72)91)62-43-39-59(40-44-62)70-27-17-37-84-87(70)77-30-14-29-74(88(77)94-84)73-28-15-34-81-85(73)75-24-8-12-33-80(75)92(81)67-54-50-65(51-55-67)90(68-47-38-57-18-4-5-19-60(57)56-68)63-45-41-58(42-46-63)69-26-16-36-83-86(69)76-25-9-13-35-82(76)93-83/h1-56H. The van der Waals surface area contributed by atoms with Gasteiger partial charge in [-0.1, -0.05) is 200 Å². The van der Waals surface area contributed by atoms with E-state index in [0.717, 1.165) is 134 Å². The lowest BCUT2D eigenvalue weighted by molar-refractivity contribution is 0.669. The molecule has 0 N–H and O–H groups in total. The van der Waals surface area contributed by atoms with E-state index in [0.29, 0.717) is 0 Å². The van der Waals surface area contributed by atoms with Crippen LogP contribution >= 0.6 is 0 Å². The van der Waals surface area contributed by atoms with Crippen molar-refractivity contribution in [3.8, 4) is 44.8 Å². The van der Waals surface area contributed by atoms with Gasteiger partial charge in [0.15, 0.2) is 0 Å². The van der Waals surface area contributed by atoms with Crippen LogP contribution in [-0.4, -0.2) is 9.13 Å². The SMILES string of the molecule is c1ccc(N(c2ccc(-c3cccc4oc5c(-c6cccc7c6c6ccccc6n7-c6ccc(N(c7ccc(-c8cccc9oc%10ccccc%10c89)cc7)c7ccc8ccccc8c7)cc6)cccc5c34)cc2)c2ccc(-n3c4ccccc4c4ccccc43)cc2)cc1. The van der Waals surface area contributed by atoms with E-state index in [9.17, 15) is 0 Å². The zero-order valence-electron chi connectivity index (χ0n) is 50.9. The molecule has 94 heavy (non-hydrogen) atoms. The van der Waals surface area contributed by atoms with Crippen molar-refractivity contribution in [3.05, 3.63) is 340 Å². The van der Waals surface area contributed by atoms with Crippen molar-refractivity contribution in [3.63, 3.8) is 0 Å². The number of hydrogen-bond acceptors (Lipinski definition) is 4. The summed E-state index contributed by atoms with van der Waals surface area (Å²) in [7, 11) is 0. The van der Waals surface area contributed by atoms with E-state index in [1.807, 2.05) is 12.1 Å². The molecule has 15 aromatic carbocycles. The lowest BCUT2D eigenvalue weighted by Gasteiger charge is -2.26. The Balaban J connectivity index is 0.674. The summed E-state index contributed by atoms with van der Waals surface area (Å²) < 4.78 is 18.2. The number of benzene rings is 15. The van der Waals surface area contributed by atoms with Gasteiger partial charge in [-0.05, 0) is 178 Å². The van der Waals surface area contributed by atoms with Gasteiger partial charge < -0.3 is 27.8 Å². The van der Waals surface area contributed by atoms with Crippen LogP contribution in [0.5, 0.6) is 0 Å². The molecule has 0 saturated carbocycles. The Bertz CT molecular complexity index is 6100. The van der Waals surface area contributed by atoms with E-state index >= 15 is 0 Å². The van der Waals surface area contributed by atoms with Crippen molar-refractivity contribution in [1.29, 1.82) is 0 Å². The van der Waals surface area contributed by atoms with Crippen LogP contribution in [0.2, 0.25) is 0 Å². The van der Waals surface area contributed by atoms with Crippen LogP contribution in [0.25, 0.3) is 143 Å². The molecule has 19 aromatic rings. The maximum Gasteiger partial charge on any atom is 0.143 e. The number of aromatic nitrogens is 2. The predicted octanol–water partition coefficient (Wildman–Crippen LogP) is 24.8. The van der Waals surface area contributed by atoms with E-state index in [-0.39, 0.29) is 0 Å². The van der Waals surface area contributed by atoms with Gasteiger partial charge in [0.2, 0.25) is 0 Å². The average Bonchev–Trinajstić information content (AvgIpc) is 1.58. The first kappa shape index (κ1) is 53.2. The van der Waals surface area contributed by atoms with Crippen LogP contribution in [0.4, 0.5) is 34.1 Å². The van der Waals surface area contributed by atoms with Gasteiger partial charge in [-0.2, -0.15) is 0 Å². The first-order chi connectivity index (χ1) is 46.6. The number of hydrogen-bond donors (Lipinski definition) is 0. The molecule has 0 radical (unpaired) electrons. The normalized spacial score (nSPS) is 11.8. The highest BCUT2D eigenvalue weighted by Crippen LogP contribution is 2.47. The summed E-state index contributed by atoms with van der Waals surface area (Å²) in [5, 5.41) is 11.7. The van der Waals surface area contributed by atoms with E-state index in [1.54, 1.807) is 0 Å². The second kappa shape index (κ2) is 21.5. The van der Waals surface area contributed by atoms with Gasteiger partial charge in [-0.15, -0.1) is 0 Å². The molecule has 0 aliphatic carbocycles. The summed E-state index contributed by atoms with van der Waals surface area (Å²) in [5.41, 5.74) is 23.4. The van der Waals surface area contributed by atoms with Gasteiger partial charge in [0, 0.05) is 94.2 Å². The first-order valence-electron chi connectivity index (χ1n) is 32.0. The summed E-state index contributed by atoms with van der Waals surface area (Å²) >= 11 is 0. The molecule has 4 heterocycles. The summed E-state index contributed by atoms with van der Waals surface area (Å²) in [4.78, 5) is 4.69. The summed E-state index contributed by atoms with van der Waals surface area (Å²) in [5.74, 6) is 0. The monoisotopic (exact) mass is 1200 g/mol. The van der Waals surface area contributed by atoms with Crippen molar-refractivity contribution in [2.45, 2.75) is 0 Å². The molecule has 4 aromatic heterocycles.